The summed E-state index contributed by atoms with van der Waals surface area (Å²) in [6.07, 6.45) is 0.0738. The first-order valence-corrected chi connectivity index (χ1v) is 5.41. The lowest BCUT2D eigenvalue weighted by Crippen LogP contribution is -2.16. The van der Waals surface area contributed by atoms with Gasteiger partial charge in [0.15, 0.2) is 0 Å². The zero-order valence-corrected chi connectivity index (χ0v) is 10.5. The number of hydrogen-bond acceptors (Lipinski definition) is 7. The Balaban J connectivity index is 2.59. The third-order valence-corrected chi connectivity index (χ3v) is 1.92. The van der Waals surface area contributed by atoms with Crippen LogP contribution in [0.5, 0.6) is 0 Å². The molecule has 0 saturated heterocycles. The number of nitrogens with zero attached hydrogens (tertiary/aromatic N) is 3. The summed E-state index contributed by atoms with van der Waals surface area (Å²) in [6.45, 7) is 5.26. The van der Waals surface area contributed by atoms with Crippen LogP contribution in [0.1, 0.15) is 26.0 Å². The number of carbonyl (C=O) groups is 1. The summed E-state index contributed by atoms with van der Waals surface area (Å²) < 4.78 is 4.77. The van der Waals surface area contributed by atoms with E-state index in [1.54, 1.807) is 20.8 Å². The van der Waals surface area contributed by atoms with Crippen LogP contribution in [0.2, 0.25) is 0 Å². The maximum atomic E-state index is 11.2. The fourth-order valence-electron chi connectivity index (χ4n) is 1.05. The third kappa shape index (κ3) is 4.32. The van der Waals surface area contributed by atoms with Crippen LogP contribution in [-0.4, -0.2) is 33.5 Å². The molecule has 0 radical (unpaired) electrons. The van der Waals surface area contributed by atoms with Crippen molar-refractivity contribution < 1.29 is 9.53 Å². The van der Waals surface area contributed by atoms with Gasteiger partial charge in [-0.15, -0.1) is 10.2 Å². The molecule has 98 valence electrons. The molecule has 0 spiro atoms. The van der Waals surface area contributed by atoms with Crippen molar-refractivity contribution in [2.45, 2.75) is 27.2 Å². The highest BCUT2D eigenvalue weighted by molar-refractivity contribution is 5.97. The van der Waals surface area contributed by atoms with Crippen LogP contribution in [0.25, 0.3) is 0 Å². The Kier molecular flexibility index (Phi) is 4.97. The normalized spacial score (nSPS) is 11.2. The van der Waals surface area contributed by atoms with E-state index in [1.807, 2.05) is 0 Å². The van der Waals surface area contributed by atoms with Crippen molar-refractivity contribution in [3.05, 3.63) is 16.0 Å². The number of aryl methyl sites for hydroxylation is 1. The molecule has 2 N–H and O–H groups in total. The van der Waals surface area contributed by atoms with Gasteiger partial charge in [0.2, 0.25) is 5.95 Å². The van der Waals surface area contributed by atoms with Gasteiger partial charge in [-0.3, -0.25) is 14.6 Å². The molecule has 8 nitrogen and oxygen atoms in total. The zero-order chi connectivity index (χ0) is 13.5. The lowest BCUT2D eigenvalue weighted by molar-refractivity contribution is -0.141. The number of ether oxygens (including phenoxy) is 1. The molecule has 0 aromatic carbocycles. The van der Waals surface area contributed by atoms with Gasteiger partial charge in [0.05, 0.1) is 13.0 Å². The Bertz CT molecular complexity index is 508. The predicted octanol–water partition coefficient (Wildman–Crippen LogP) is 0.214. The smallest absolute Gasteiger partial charge is 0.311 e. The summed E-state index contributed by atoms with van der Waals surface area (Å²) in [7, 11) is 0. The predicted molar refractivity (Wildman–Crippen MR) is 65.4 cm³/mol. The number of nitrogens with one attached hydrogen (secondary N) is 2. The van der Waals surface area contributed by atoms with Crippen molar-refractivity contribution in [3.63, 3.8) is 0 Å². The minimum absolute atomic E-state index is 0.0738. The first-order chi connectivity index (χ1) is 8.52. The van der Waals surface area contributed by atoms with Crippen molar-refractivity contribution in [3.8, 4) is 0 Å². The Morgan fingerprint density at radius 1 is 1.50 bits per heavy atom. The lowest BCUT2D eigenvalue weighted by Gasteiger charge is -2.02. The summed E-state index contributed by atoms with van der Waals surface area (Å²) in [5.74, 6) is -0.238. The zero-order valence-electron chi connectivity index (χ0n) is 10.5. The minimum Gasteiger partial charge on any atom is -0.466 e. The number of carbonyl (C=O) groups excluding carboxylic acids is 1. The van der Waals surface area contributed by atoms with Gasteiger partial charge in [-0.25, -0.2) is 5.43 Å². The fraction of sp³-hybridized carbons (Fsp3) is 0.500. The maximum absolute atomic E-state index is 11.2. The molecule has 0 unspecified atom stereocenters. The van der Waals surface area contributed by atoms with Gasteiger partial charge >= 0.3 is 5.97 Å². The highest BCUT2D eigenvalue weighted by Gasteiger charge is 2.04. The average Bonchev–Trinajstić information content (AvgIpc) is 2.31. The van der Waals surface area contributed by atoms with E-state index < -0.39 is 0 Å². The summed E-state index contributed by atoms with van der Waals surface area (Å²) in [5, 5.41) is 11.2. The molecule has 0 bridgehead atoms. The van der Waals surface area contributed by atoms with Gasteiger partial charge in [-0.05, 0) is 20.8 Å². The molecule has 0 aliphatic heterocycles. The molecule has 0 saturated carbocycles. The number of anilines is 1. The van der Waals surface area contributed by atoms with Gasteiger partial charge < -0.3 is 4.74 Å². The van der Waals surface area contributed by atoms with Crippen LogP contribution in [0.4, 0.5) is 5.95 Å². The van der Waals surface area contributed by atoms with E-state index >= 15 is 0 Å². The van der Waals surface area contributed by atoms with Crippen molar-refractivity contribution in [2.24, 2.45) is 5.10 Å². The lowest BCUT2D eigenvalue weighted by atomic mass is 10.3. The molecule has 18 heavy (non-hydrogen) atoms. The number of aromatic amines is 1. The van der Waals surface area contributed by atoms with Gasteiger partial charge in [-0.2, -0.15) is 5.10 Å². The van der Waals surface area contributed by atoms with Crippen molar-refractivity contribution in [1.29, 1.82) is 0 Å². The molecular weight excluding hydrogens is 238 g/mol. The van der Waals surface area contributed by atoms with Crippen molar-refractivity contribution >= 4 is 17.6 Å². The van der Waals surface area contributed by atoms with Gasteiger partial charge in [0.1, 0.15) is 5.69 Å². The molecule has 0 fully saturated rings. The Morgan fingerprint density at radius 2 is 2.22 bits per heavy atom. The van der Waals surface area contributed by atoms with Gasteiger partial charge in [0, 0.05) is 5.71 Å². The summed E-state index contributed by atoms with van der Waals surface area (Å²) in [6, 6.07) is 0. The number of hydrazone groups is 1. The second kappa shape index (κ2) is 6.48. The number of esters is 1. The quantitative estimate of drug-likeness (QED) is 0.441. The number of H-pyrrole nitrogens is 1. The van der Waals surface area contributed by atoms with E-state index in [0.29, 0.717) is 12.3 Å². The van der Waals surface area contributed by atoms with Gasteiger partial charge in [0.25, 0.3) is 5.56 Å². The average molecular weight is 253 g/mol. The standard InChI is InChI=1S/C10H15N5O3/c1-4-18-8(16)5-6(2)12-14-10-11-9(17)7(3)13-15-10/h4-5H2,1-3H3,(H2,11,14,15,17)/b12-6+. The van der Waals surface area contributed by atoms with Crippen LogP contribution in [-0.2, 0) is 9.53 Å². The summed E-state index contributed by atoms with van der Waals surface area (Å²) in [4.78, 5) is 24.8. The van der Waals surface area contributed by atoms with Crippen molar-refractivity contribution in [1.82, 2.24) is 15.2 Å². The van der Waals surface area contributed by atoms with Crippen LogP contribution in [0.15, 0.2) is 9.90 Å². The van der Waals surface area contributed by atoms with E-state index in [-0.39, 0.29) is 29.6 Å². The first kappa shape index (κ1) is 13.8. The monoisotopic (exact) mass is 253 g/mol. The van der Waals surface area contributed by atoms with Crippen LogP contribution in [0, 0.1) is 6.92 Å². The van der Waals surface area contributed by atoms with Gasteiger partial charge in [-0.1, -0.05) is 0 Å². The topological polar surface area (TPSA) is 109 Å². The Morgan fingerprint density at radius 3 is 2.83 bits per heavy atom. The van der Waals surface area contributed by atoms with Crippen LogP contribution < -0.4 is 11.0 Å². The highest BCUT2D eigenvalue weighted by Crippen LogP contribution is 1.94. The SMILES string of the molecule is CCOC(=O)C/C(C)=N/Nc1nnc(C)c(=O)[nH]1. The summed E-state index contributed by atoms with van der Waals surface area (Å²) in [5.41, 5.74) is 2.95. The molecular formula is C10H15N5O3. The number of aromatic nitrogens is 3. The molecule has 1 rings (SSSR count). The number of rotatable bonds is 5. The molecule has 0 amide bonds. The summed E-state index contributed by atoms with van der Waals surface area (Å²) >= 11 is 0. The molecule has 1 aromatic heterocycles. The minimum atomic E-state index is -0.357. The maximum Gasteiger partial charge on any atom is 0.311 e. The molecule has 0 aliphatic rings. The Hall–Kier alpha value is -2.25. The van der Waals surface area contributed by atoms with E-state index in [4.69, 9.17) is 4.74 Å². The number of hydrogen-bond donors (Lipinski definition) is 2. The Labute approximate surface area is 103 Å². The second-order valence-electron chi connectivity index (χ2n) is 3.53. The molecule has 0 atom stereocenters. The van der Waals surface area contributed by atoms with E-state index in [0.717, 1.165) is 0 Å². The first-order valence-electron chi connectivity index (χ1n) is 5.41. The fourth-order valence-corrected chi connectivity index (χ4v) is 1.05. The van der Waals surface area contributed by atoms with E-state index in [9.17, 15) is 9.59 Å². The van der Waals surface area contributed by atoms with E-state index in [2.05, 4.69) is 25.7 Å². The van der Waals surface area contributed by atoms with Crippen LogP contribution in [0.3, 0.4) is 0 Å². The highest BCUT2D eigenvalue weighted by atomic mass is 16.5. The van der Waals surface area contributed by atoms with Crippen molar-refractivity contribution in [2.75, 3.05) is 12.0 Å². The van der Waals surface area contributed by atoms with E-state index in [1.165, 1.54) is 0 Å². The molecule has 8 heteroatoms. The van der Waals surface area contributed by atoms with Crippen LogP contribution >= 0.6 is 0 Å². The molecule has 1 heterocycles. The molecule has 0 aliphatic carbocycles. The molecule has 1 aromatic rings. The second-order valence-corrected chi connectivity index (χ2v) is 3.53. The largest absolute Gasteiger partial charge is 0.466 e. The third-order valence-electron chi connectivity index (χ3n) is 1.92.